The first-order valence-electron chi connectivity index (χ1n) is 7.32. The number of nitrogens with zero attached hydrogens (tertiary/aromatic N) is 1. The van der Waals surface area contributed by atoms with Gasteiger partial charge in [-0.1, -0.05) is 25.1 Å². The van der Waals surface area contributed by atoms with Crippen molar-refractivity contribution in [2.45, 2.75) is 20.3 Å². The second-order valence-electron chi connectivity index (χ2n) is 5.88. The molecule has 2 N–H and O–H groups in total. The fourth-order valence-corrected chi connectivity index (χ4v) is 3.06. The summed E-state index contributed by atoms with van der Waals surface area (Å²) in [6.07, 6.45) is 1.10. The van der Waals surface area contributed by atoms with E-state index in [1.165, 1.54) is 11.3 Å². The van der Waals surface area contributed by atoms with Crippen molar-refractivity contribution in [3.8, 4) is 0 Å². The summed E-state index contributed by atoms with van der Waals surface area (Å²) in [5, 5.41) is 0. The van der Waals surface area contributed by atoms with Gasteiger partial charge in [-0.2, -0.15) is 0 Å². The molecule has 1 aliphatic heterocycles. The molecule has 0 bridgehead atoms. The molecule has 0 radical (unpaired) electrons. The number of ketones is 1. The van der Waals surface area contributed by atoms with E-state index in [1.807, 2.05) is 18.2 Å². The van der Waals surface area contributed by atoms with Crippen LogP contribution >= 0.6 is 0 Å². The molecule has 1 unspecified atom stereocenters. The number of rotatable bonds is 2. The molecule has 0 aromatic heterocycles. The molecule has 1 aliphatic rings. The minimum Gasteiger partial charge on any atom is -0.398 e. The molecule has 0 saturated carbocycles. The van der Waals surface area contributed by atoms with Gasteiger partial charge < -0.3 is 10.6 Å². The molecular formula is C18H20N2O. The van der Waals surface area contributed by atoms with Crippen molar-refractivity contribution in [2.75, 3.05) is 17.2 Å². The third kappa shape index (κ3) is 2.51. The van der Waals surface area contributed by atoms with Crippen molar-refractivity contribution < 1.29 is 4.79 Å². The number of carbonyl (C=O) groups excluding carboxylic acids is 1. The topological polar surface area (TPSA) is 46.3 Å². The average Bonchev–Trinajstić information content (AvgIpc) is 2.46. The SMILES string of the molecule is CC(=O)c1cc(N2CC(C)Cc3ccccc32)ccc1N. The second-order valence-corrected chi connectivity index (χ2v) is 5.88. The van der Waals surface area contributed by atoms with Gasteiger partial charge in [0.1, 0.15) is 0 Å². The van der Waals surface area contributed by atoms with Gasteiger partial charge in [0.05, 0.1) is 0 Å². The summed E-state index contributed by atoms with van der Waals surface area (Å²) in [4.78, 5) is 14.0. The van der Waals surface area contributed by atoms with Crippen LogP contribution in [0.1, 0.15) is 29.8 Å². The van der Waals surface area contributed by atoms with E-state index < -0.39 is 0 Å². The third-order valence-corrected chi connectivity index (χ3v) is 4.07. The van der Waals surface area contributed by atoms with Crippen LogP contribution in [0.3, 0.4) is 0 Å². The van der Waals surface area contributed by atoms with Crippen molar-refractivity contribution in [1.82, 2.24) is 0 Å². The predicted molar refractivity (Wildman–Crippen MR) is 87.2 cm³/mol. The summed E-state index contributed by atoms with van der Waals surface area (Å²) in [5.74, 6) is 0.589. The molecule has 1 heterocycles. The van der Waals surface area contributed by atoms with Gasteiger partial charge in [-0.25, -0.2) is 0 Å². The first kappa shape index (κ1) is 13.7. The minimum absolute atomic E-state index is 0.00712. The fourth-order valence-electron chi connectivity index (χ4n) is 3.06. The van der Waals surface area contributed by atoms with Crippen LogP contribution in [0, 0.1) is 5.92 Å². The van der Waals surface area contributed by atoms with Crippen LogP contribution in [0.4, 0.5) is 17.1 Å². The Morgan fingerprint density at radius 1 is 1.24 bits per heavy atom. The van der Waals surface area contributed by atoms with Gasteiger partial charge in [0.15, 0.2) is 5.78 Å². The van der Waals surface area contributed by atoms with Gasteiger partial charge >= 0.3 is 0 Å². The zero-order chi connectivity index (χ0) is 15.0. The number of nitrogen functional groups attached to an aromatic ring is 1. The Labute approximate surface area is 125 Å². The molecule has 0 fully saturated rings. The number of carbonyl (C=O) groups is 1. The Balaban J connectivity index is 2.08. The lowest BCUT2D eigenvalue weighted by atomic mass is 9.93. The summed E-state index contributed by atoms with van der Waals surface area (Å²) in [5.41, 5.74) is 10.7. The zero-order valence-electron chi connectivity index (χ0n) is 12.5. The smallest absolute Gasteiger partial charge is 0.161 e. The van der Waals surface area contributed by atoms with Crippen molar-refractivity contribution in [3.63, 3.8) is 0 Å². The maximum Gasteiger partial charge on any atom is 0.161 e. The maximum absolute atomic E-state index is 11.7. The lowest BCUT2D eigenvalue weighted by molar-refractivity contribution is 0.101. The Bertz CT molecular complexity index is 693. The highest BCUT2D eigenvalue weighted by atomic mass is 16.1. The number of anilines is 3. The highest BCUT2D eigenvalue weighted by Gasteiger charge is 2.23. The van der Waals surface area contributed by atoms with E-state index >= 15 is 0 Å². The van der Waals surface area contributed by atoms with Crippen molar-refractivity contribution in [2.24, 2.45) is 5.92 Å². The van der Waals surface area contributed by atoms with Crippen LogP contribution in [0.25, 0.3) is 0 Å². The van der Waals surface area contributed by atoms with Crippen molar-refractivity contribution >= 4 is 22.8 Å². The number of hydrogen-bond acceptors (Lipinski definition) is 3. The number of benzene rings is 2. The average molecular weight is 280 g/mol. The predicted octanol–water partition coefficient (Wildman–Crippen LogP) is 3.80. The summed E-state index contributed by atoms with van der Waals surface area (Å²) in [7, 11) is 0. The number of hydrogen-bond donors (Lipinski definition) is 1. The van der Waals surface area contributed by atoms with Gasteiger partial charge in [0, 0.05) is 29.2 Å². The van der Waals surface area contributed by atoms with Gasteiger partial charge in [-0.15, -0.1) is 0 Å². The molecule has 1 atom stereocenters. The number of nitrogens with two attached hydrogens (primary N) is 1. The molecule has 2 aromatic rings. The molecular weight excluding hydrogens is 260 g/mol. The molecule has 3 nitrogen and oxygen atoms in total. The molecule has 3 rings (SSSR count). The van der Waals surface area contributed by atoms with E-state index in [0.717, 1.165) is 18.7 Å². The van der Waals surface area contributed by atoms with E-state index in [9.17, 15) is 4.79 Å². The highest BCUT2D eigenvalue weighted by Crippen LogP contribution is 2.36. The van der Waals surface area contributed by atoms with E-state index in [0.29, 0.717) is 17.2 Å². The van der Waals surface area contributed by atoms with E-state index in [1.54, 1.807) is 6.92 Å². The van der Waals surface area contributed by atoms with Crippen LogP contribution in [-0.4, -0.2) is 12.3 Å². The summed E-state index contributed by atoms with van der Waals surface area (Å²) in [6, 6.07) is 14.2. The van der Waals surface area contributed by atoms with E-state index in [4.69, 9.17) is 5.73 Å². The number of Topliss-reactive ketones (excluding diaryl/α,β-unsaturated/α-hetero) is 1. The molecule has 2 aromatic carbocycles. The second kappa shape index (κ2) is 5.24. The Morgan fingerprint density at radius 3 is 2.76 bits per heavy atom. The molecule has 0 amide bonds. The Morgan fingerprint density at radius 2 is 2.00 bits per heavy atom. The number of fused-ring (bicyclic) bond motifs is 1. The van der Waals surface area contributed by atoms with Crippen LogP contribution in [-0.2, 0) is 6.42 Å². The first-order valence-corrected chi connectivity index (χ1v) is 7.32. The summed E-state index contributed by atoms with van der Waals surface area (Å²) in [6.45, 7) is 4.77. The number of para-hydroxylation sites is 1. The summed E-state index contributed by atoms with van der Waals surface area (Å²) < 4.78 is 0. The van der Waals surface area contributed by atoms with Gasteiger partial charge in [-0.05, 0) is 49.1 Å². The quantitative estimate of drug-likeness (QED) is 0.672. The van der Waals surface area contributed by atoms with Gasteiger partial charge in [0.25, 0.3) is 0 Å². The standard InChI is InChI=1S/C18H20N2O/c1-12-9-14-5-3-4-6-18(14)20(11-12)15-7-8-17(19)16(10-15)13(2)21/h3-8,10,12H,9,11,19H2,1-2H3. The van der Waals surface area contributed by atoms with Crippen molar-refractivity contribution in [1.29, 1.82) is 0 Å². The summed E-state index contributed by atoms with van der Waals surface area (Å²) >= 11 is 0. The lowest BCUT2D eigenvalue weighted by Gasteiger charge is -2.35. The zero-order valence-corrected chi connectivity index (χ0v) is 12.5. The highest BCUT2D eigenvalue weighted by molar-refractivity contribution is 6.00. The Kier molecular flexibility index (Phi) is 3.42. The normalized spacial score (nSPS) is 17.4. The molecule has 21 heavy (non-hydrogen) atoms. The van der Waals surface area contributed by atoms with Crippen LogP contribution in [0.2, 0.25) is 0 Å². The van der Waals surface area contributed by atoms with Crippen LogP contribution < -0.4 is 10.6 Å². The van der Waals surface area contributed by atoms with E-state index in [-0.39, 0.29) is 5.78 Å². The lowest BCUT2D eigenvalue weighted by Crippen LogP contribution is -2.30. The molecule has 0 spiro atoms. The van der Waals surface area contributed by atoms with Crippen molar-refractivity contribution in [3.05, 3.63) is 53.6 Å². The monoisotopic (exact) mass is 280 g/mol. The van der Waals surface area contributed by atoms with E-state index in [2.05, 4.69) is 36.1 Å². The molecule has 0 saturated heterocycles. The molecule has 3 heteroatoms. The minimum atomic E-state index is 0.00712. The molecule has 108 valence electrons. The van der Waals surface area contributed by atoms with Gasteiger partial charge in [-0.3, -0.25) is 4.79 Å². The first-order chi connectivity index (χ1) is 10.1. The van der Waals surface area contributed by atoms with Crippen LogP contribution in [0.5, 0.6) is 0 Å². The third-order valence-electron chi connectivity index (χ3n) is 4.07. The van der Waals surface area contributed by atoms with Crippen LogP contribution in [0.15, 0.2) is 42.5 Å². The molecule has 0 aliphatic carbocycles. The Hall–Kier alpha value is -2.29. The fraction of sp³-hybridized carbons (Fsp3) is 0.278. The van der Waals surface area contributed by atoms with Gasteiger partial charge in [0.2, 0.25) is 0 Å². The maximum atomic E-state index is 11.7. The largest absolute Gasteiger partial charge is 0.398 e.